The van der Waals surface area contributed by atoms with Crippen molar-refractivity contribution in [3.05, 3.63) is 40.4 Å². The van der Waals surface area contributed by atoms with Gasteiger partial charge in [0.05, 0.1) is 0 Å². The Morgan fingerprint density at radius 1 is 1.40 bits per heavy atom. The first-order valence-corrected chi connectivity index (χ1v) is 7.16. The fourth-order valence-electron chi connectivity index (χ4n) is 2.09. The Kier molecular flexibility index (Phi) is 3.23. The van der Waals surface area contributed by atoms with Gasteiger partial charge in [-0.3, -0.25) is 14.9 Å². The van der Waals surface area contributed by atoms with E-state index in [1.54, 1.807) is 11.4 Å². The number of anilines is 2. The van der Waals surface area contributed by atoms with Crippen LogP contribution >= 0.6 is 11.3 Å². The van der Waals surface area contributed by atoms with Gasteiger partial charge in [0.15, 0.2) is 10.9 Å². The zero-order chi connectivity index (χ0) is 14.1. The van der Waals surface area contributed by atoms with Crippen LogP contribution in [0, 0.1) is 0 Å². The Morgan fingerprint density at radius 3 is 3.00 bits per heavy atom. The van der Waals surface area contributed by atoms with Crippen molar-refractivity contribution >= 4 is 33.8 Å². The van der Waals surface area contributed by atoms with E-state index >= 15 is 0 Å². The molecule has 0 spiro atoms. The van der Waals surface area contributed by atoms with Crippen molar-refractivity contribution in [1.29, 1.82) is 0 Å². The van der Waals surface area contributed by atoms with Crippen molar-refractivity contribution in [1.82, 2.24) is 4.98 Å². The summed E-state index contributed by atoms with van der Waals surface area (Å²) >= 11 is 1.25. The number of rotatable bonds is 3. The number of ketones is 1. The summed E-state index contributed by atoms with van der Waals surface area (Å²) in [5.41, 5.74) is 3.20. The molecule has 3 rings (SSSR count). The van der Waals surface area contributed by atoms with Gasteiger partial charge in [-0.15, -0.1) is 11.3 Å². The molecule has 0 saturated heterocycles. The van der Waals surface area contributed by atoms with Crippen LogP contribution in [0.1, 0.15) is 33.3 Å². The molecule has 1 aromatic carbocycles. The second-order valence-corrected chi connectivity index (χ2v) is 5.46. The zero-order valence-corrected chi connectivity index (χ0v) is 11.7. The van der Waals surface area contributed by atoms with E-state index in [4.69, 9.17) is 0 Å². The highest BCUT2D eigenvalue weighted by molar-refractivity contribution is 7.14. The van der Waals surface area contributed by atoms with Gasteiger partial charge in [-0.2, -0.15) is 0 Å². The molecule has 0 aliphatic carbocycles. The summed E-state index contributed by atoms with van der Waals surface area (Å²) in [4.78, 5) is 27.4. The number of aromatic nitrogens is 1. The predicted octanol–water partition coefficient (Wildman–Crippen LogP) is 2.57. The van der Waals surface area contributed by atoms with Crippen molar-refractivity contribution in [2.24, 2.45) is 0 Å². The predicted molar refractivity (Wildman–Crippen MR) is 78.7 cm³/mol. The number of carbonyl (C=O) groups is 2. The minimum Gasteiger partial charge on any atom is -0.384 e. The molecular weight excluding hydrogens is 274 g/mol. The van der Waals surface area contributed by atoms with Gasteiger partial charge in [-0.1, -0.05) is 6.07 Å². The summed E-state index contributed by atoms with van der Waals surface area (Å²) in [6.45, 7) is 2.36. The number of nitrogens with one attached hydrogen (secondary N) is 2. The molecule has 0 radical (unpaired) electrons. The summed E-state index contributed by atoms with van der Waals surface area (Å²) in [6.07, 6.45) is 0.992. The number of carbonyl (C=O) groups excluding carboxylic acids is 2. The standard InChI is InChI=1S/C14H13N3O2S/c1-8(18)12-7-20-14(16-12)17-13(19)10-3-2-9-4-5-15-11(9)6-10/h2-3,6-7,15H,4-5H2,1H3,(H,16,17,19). The Labute approximate surface area is 120 Å². The molecule has 2 heterocycles. The number of thiazole rings is 1. The van der Waals surface area contributed by atoms with E-state index in [1.165, 1.54) is 23.8 Å². The van der Waals surface area contributed by atoms with E-state index in [1.807, 2.05) is 12.1 Å². The maximum Gasteiger partial charge on any atom is 0.257 e. The Morgan fingerprint density at radius 2 is 2.25 bits per heavy atom. The number of fused-ring (bicyclic) bond motifs is 1. The molecule has 1 aromatic heterocycles. The van der Waals surface area contributed by atoms with Gasteiger partial charge < -0.3 is 5.32 Å². The monoisotopic (exact) mass is 287 g/mol. The average Bonchev–Trinajstić information content (AvgIpc) is 3.05. The normalized spacial score (nSPS) is 12.7. The molecule has 0 bridgehead atoms. The molecular formula is C14H13N3O2S. The Bertz CT molecular complexity index is 693. The van der Waals surface area contributed by atoms with Crippen LogP contribution in [0.4, 0.5) is 10.8 Å². The lowest BCUT2D eigenvalue weighted by molar-refractivity contribution is 0.100. The van der Waals surface area contributed by atoms with Gasteiger partial charge in [-0.25, -0.2) is 4.98 Å². The lowest BCUT2D eigenvalue weighted by Crippen LogP contribution is -2.12. The summed E-state index contributed by atoms with van der Waals surface area (Å²) in [7, 11) is 0. The van der Waals surface area contributed by atoms with Gasteiger partial charge in [0, 0.05) is 30.1 Å². The van der Waals surface area contributed by atoms with E-state index in [-0.39, 0.29) is 11.7 Å². The van der Waals surface area contributed by atoms with Crippen LogP contribution in [-0.2, 0) is 6.42 Å². The summed E-state index contributed by atoms with van der Waals surface area (Å²) < 4.78 is 0. The lowest BCUT2D eigenvalue weighted by Gasteiger charge is -2.04. The fraction of sp³-hybridized carbons (Fsp3) is 0.214. The minimum absolute atomic E-state index is 0.108. The molecule has 5 nitrogen and oxygen atoms in total. The fourth-order valence-corrected chi connectivity index (χ4v) is 2.84. The van der Waals surface area contributed by atoms with Crippen molar-refractivity contribution in [2.45, 2.75) is 13.3 Å². The third-order valence-corrected chi connectivity index (χ3v) is 3.92. The van der Waals surface area contributed by atoms with Crippen LogP contribution in [0.15, 0.2) is 23.6 Å². The maximum atomic E-state index is 12.1. The number of benzene rings is 1. The first-order chi connectivity index (χ1) is 9.63. The van der Waals surface area contributed by atoms with Crippen LogP contribution in [0.2, 0.25) is 0 Å². The highest BCUT2D eigenvalue weighted by atomic mass is 32.1. The van der Waals surface area contributed by atoms with Crippen LogP contribution in [-0.4, -0.2) is 23.2 Å². The first kappa shape index (κ1) is 12.8. The molecule has 1 aliphatic heterocycles. The molecule has 0 atom stereocenters. The maximum absolute atomic E-state index is 12.1. The van der Waals surface area contributed by atoms with Gasteiger partial charge in [0.25, 0.3) is 5.91 Å². The van der Waals surface area contributed by atoms with Gasteiger partial charge >= 0.3 is 0 Å². The molecule has 6 heteroatoms. The number of Topliss-reactive ketones (excluding diaryl/α,β-unsaturated/α-hetero) is 1. The number of amides is 1. The average molecular weight is 287 g/mol. The SMILES string of the molecule is CC(=O)c1csc(NC(=O)c2ccc3c(c2)NCC3)n1. The third kappa shape index (κ3) is 2.42. The van der Waals surface area contributed by atoms with Crippen molar-refractivity contribution < 1.29 is 9.59 Å². The molecule has 0 saturated carbocycles. The molecule has 0 fully saturated rings. The third-order valence-electron chi connectivity index (χ3n) is 3.17. The molecule has 1 aliphatic rings. The van der Waals surface area contributed by atoms with Crippen LogP contribution in [0.3, 0.4) is 0 Å². The quantitative estimate of drug-likeness (QED) is 0.851. The highest BCUT2D eigenvalue weighted by Crippen LogP contribution is 2.24. The van der Waals surface area contributed by atoms with E-state index in [9.17, 15) is 9.59 Å². The van der Waals surface area contributed by atoms with Gasteiger partial charge in [0.1, 0.15) is 5.69 Å². The van der Waals surface area contributed by atoms with Crippen molar-refractivity contribution in [2.75, 3.05) is 17.2 Å². The zero-order valence-electron chi connectivity index (χ0n) is 10.9. The Hall–Kier alpha value is -2.21. The summed E-state index contributed by atoms with van der Waals surface area (Å²) in [6, 6.07) is 5.62. The smallest absolute Gasteiger partial charge is 0.257 e. The number of hydrogen-bond acceptors (Lipinski definition) is 5. The number of nitrogens with zero attached hydrogens (tertiary/aromatic N) is 1. The molecule has 2 aromatic rings. The molecule has 1 amide bonds. The molecule has 0 unspecified atom stereocenters. The van der Waals surface area contributed by atoms with Gasteiger partial charge in [0.2, 0.25) is 0 Å². The van der Waals surface area contributed by atoms with Crippen molar-refractivity contribution in [3.8, 4) is 0 Å². The topological polar surface area (TPSA) is 71.1 Å². The van der Waals surface area contributed by atoms with E-state index in [2.05, 4.69) is 15.6 Å². The number of hydrogen-bond donors (Lipinski definition) is 2. The lowest BCUT2D eigenvalue weighted by atomic mass is 10.1. The van der Waals surface area contributed by atoms with E-state index in [0.29, 0.717) is 16.4 Å². The molecule has 102 valence electrons. The molecule has 2 N–H and O–H groups in total. The van der Waals surface area contributed by atoms with Crippen molar-refractivity contribution in [3.63, 3.8) is 0 Å². The Balaban J connectivity index is 1.77. The van der Waals surface area contributed by atoms with Gasteiger partial charge in [-0.05, 0) is 24.1 Å². The summed E-state index contributed by atoms with van der Waals surface area (Å²) in [5.74, 6) is -0.325. The second kappa shape index (κ2) is 5.05. The summed E-state index contributed by atoms with van der Waals surface area (Å²) in [5, 5.41) is 8.03. The minimum atomic E-state index is -0.217. The van der Waals surface area contributed by atoms with Crippen LogP contribution in [0.5, 0.6) is 0 Å². The largest absolute Gasteiger partial charge is 0.384 e. The molecule has 20 heavy (non-hydrogen) atoms. The van der Waals surface area contributed by atoms with Crippen LogP contribution < -0.4 is 10.6 Å². The van der Waals surface area contributed by atoms with E-state index in [0.717, 1.165) is 18.7 Å². The first-order valence-electron chi connectivity index (χ1n) is 6.28. The second-order valence-electron chi connectivity index (χ2n) is 4.60. The highest BCUT2D eigenvalue weighted by Gasteiger charge is 2.15. The van der Waals surface area contributed by atoms with Crippen LogP contribution in [0.25, 0.3) is 0 Å². The van der Waals surface area contributed by atoms with E-state index < -0.39 is 0 Å².